The van der Waals surface area contributed by atoms with Crippen molar-refractivity contribution in [2.24, 2.45) is 5.41 Å². The average Bonchev–Trinajstić information content (AvgIpc) is 2.72. The molecule has 2 aromatic rings. The lowest BCUT2D eigenvalue weighted by Gasteiger charge is -2.25. The molecule has 0 saturated heterocycles. The molecular formula is C25H27N. The van der Waals surface area contributed by atoms with Gasteiger partial charge in [0.05, 0.1) is 11.5 Å². The summed E-state index contributed by atoms with van der Waals surface area (Å²) in [6.07, 6.45) is 13.2. The zero-order valence-electron chi connectivity index (χ0n) is 15.6. The minimum absolute atomic E-state index is 0.304. The molecule has 132 valence electrons. The van der Waals surface area contributed by atoms with Gasteiger partial charge >= 0.3 is 0 Å². The Morgan fingerprint density at radius 1 is 0.885 bits per heavy atom. The third kappa shape index (κ3) is 4.33. The van der Waals surface area contributed by atoms with Crippen molar-refractivity contribution in [3.8, 4) is 17.2 Å². The normalized spacial score (nSPS) is 19.0. The quantitative estimate of drug-likeness (QED) is 0.489. The van der Waals surface area contributed by atoms with Gasteiger partial charge in [-0.15, -0.1) is 0 Å². The van der Waals surface area contributed by atoms with Crippen LogP contribution in [0.5, 0.6) is 0 Å². The number of rotatable bonds is 7. The Balaban J connectivity index is 1.67. The number of hydrogen-bond acceptors (Lipinski definition) is 1. The third-order valence-electron chi connectivity index (χ3n) is 5.29. The van der Waals surface area contributed by atoms with Crippen molar-refractivity contribution < 1.29 is 0 Å². The minimum atomic E-state index is -0.304. The first-order valence-corrected chi connectivity index (χ1v) is 9.73. The van der Waals surface area contributed by atoms with Gasteiger partial charge in [0.1, 0.15) is 0 Å². The molecule has 1 unspecified atom stereocenters. The van der Waals surface area contributed by atoms with Crippen molar-refractivity contribution in [1.29, 1.82) is 5.26 Å². The molecule has 3 rings (SSSR count). The van der Waals surface area contributed by atoms with E-state index in [4.69, 9.17) is 0 Å². The van der Waals surface area contributed by atoms with Gasteiger partial charge in [-0.1, -0.05) is 105 Å². The Kier molecular flexibility index (Phi) is 6.08. The Bertz CT molecular complexity index is 805. The second-order valence-corrected chi connectivity index (χ2v) is 7.22. The van der Waals surface area contributed by atoms with E-state index in [9.17, 15) is 5.26 Å². The Labute approximate surface area is 157 Å². The smallest absolute Gasteiger partial charge is 0.0791 e. The molecular weight excluding hydrogens is 314 g/mol. The standard InChI is InChI=1S/C25H27N/c1-2-3-4-8-17-25(20-26)18-15-24(16-19-25)23-13-11-22(12-14-23)21-9-6-5-7-10-21/h5-7,9-16,18H,2-4,8,17,19H2,1H3. The molecule has 0 heterocycles. The number of nitriles is 1. The lowest BCUT2D eigenvalue weighted by atomic mass is 9.76. The molecule has 1 heteroatoms. The van der Waals surface area contributed by atoms with Crippen molar-refractivity contribution in [3.05, 3.63) is 78.4 Å². The predicted molar refractivity (Wildman–Crippen MR) is 110 cm³/mol. The summed E-state index contributed by atoms with van der Waals surface area (Å²) in [6.45, 7) is 2.22. The molecule has 26 heavy (non-hydrogen) atoms. The maximum absolute atomic E-state index is 9.69. The molecule has 0 aliphatic heterocycles. The molecule has 0 fully saturated rings. The van der Waals surface area contributed by atoms with E-state index in [0.717, 1.165) is 19.3 Å². The molecule has 1 nitrogen and oxygen atoms in total. The molecule has 0 aromatic heterocycles. The van der Waals surface area contributed by atoms with Gasteiger partial charge in [-0.05, 0) is 35.1 Å². The predicted octanol–water partition coefficient (Wildman–Crippen LogP) is 7.18. The fourth-order valence-electron chi connectivity index (χ4n) is 3.57. The summed E-state index contributed by atoms with van der Waals surface area (Å²) in [5.41, 5.74) is 4.61. The van der Waals surface area contributed by atoms with Crippen molar-refractivity contribution in [1.82, 2.24) is 0 Å². The van der Waals surface area contributed by atoms with E-state index in [2.05, 4.69) is 79.8 Å². The van der Waals surface area contributed by atoms with Gasteiger partial charge in [-0.3, -0.25) is 0 Å². The lowest BCUT2D eigenvalue weighted by molar-refractivity contribution is 0.435. The first kappa shape index (κ1) is 18.2. The molecule has 0 radical (unpaired) electrons. The lowest BCUT2D eigenvalue weighted by Crippen LogP contribution is -2.17. The molecule has 0 bridgehead atoms. The van der Waals surface area contributed by atoms with E-state index in [1.54, 1.807) is 0 Å². The van der Waals surface area contributed by atoms with Gasteiger partial charge in [-0.25, -0.2) is 0 Å². The molecule has 0 saturated carbocycles. The Morgan fingerprint density at radius 2 is 1.58 bits per heavy atom. The van der Waals surface area contributed by atoms with Gasteiger partial charge < -0.3 is 0 Å². The van der Waals surface area contributed by atoms with Crippen LogP contribution in [0.1, 0.15) is 51.0 Å². The van der Waals surface area contributed by atoms with E-state index < -0.39 is 0 Å². The number of benzene rings is 2. The fourth-order valence-corrected chi connectivity index (χ4v) is 3.57. The van der Waals surface area contributed by atoms with Crippen LogP contribution in [0.4, 0.5) is 0 Å². The van der Waals surface area contributed by atoms with E-state index in [1.807, 2.05) is 6.07 Å². The first-order valence-electron chi connectivity index (χ1n) is 9.73. The number of allylic oxidation sites excluding steroid dienone is 4. The summed E-state index contributed by atoms with van der Waals surface area (Å²) in [6, 6.07) is 21.7. The monoisotopic (exact) mass is 341 g/mol. The van der Waals surface area contributed by atoms with Gasteiger partial charge in [0, 0.05) is 0 Å². The van der Waals surface area contributed by atoms with Crippen molar-refractivity contribution in [2.75, 3.05) is 0 Å². The molecule has 1 aliphatic carbocycles. The largest absolute Gasteiger partial charge is 0.197 e. The number of nitrogens with zero attached hydrogens (tertiary/aromatic N) is 1. The van der Waals surface area contributed by atoms with E-state index in [0.29, 0.717) is 0 Å². The molecule has 0 amide bonds. The van der Waals surface area contributed by atoms with Crippen LogP contribution in [0.25, 0.3) is 16.7 Å². The Morgan fingerprint density at radius 3 is 2.19 bits per heavy atom. The zero-order chi connectivity index (χ0) is 18.2. The second-order valence-electron chi connectivity index (χ2n) is 7.22. The van der Waals surface area contributed by atoms with Crippen LogP contribution in [0.3, 0.4) is 0 Å². The van der Waals surface area contributed by atoms with Crippen molar-refractivity contribution >= 4 is 5.57 Å². The summed E-state index contributed by atoms with van der Waals surface area (Å²) < 4.78 is 0. The van der Waals surface area contributed by atoms with Gasteiger partial charge in [0.25, 0.3) is 0 Å². The molecule has 0 spiro atoms. The molecule has 2 aromatic carbocycles. The van der Waals surface area contributed by atoms with Crippen molar-refractivity contribution in [3.63, 3.8) is 0 Å². The van der Waals surface area contributed by atoms with E-state index in [1.165, 1.54) is 41.5 Å². The summed E-state index contributed by atoms with van der Waals surface area (Å²) >= 11 is 0. The summed E-state index contributed by atoms with van der Waals surface area (Å²) in [5.74, 6) is 0. The molecule has 1 aliphatic rings. The van der Waals surface area contributed by atoms with Gasteiger partial charge in [0.15, 0.2) is 0 Å². The van der Waals surface area contributed by atoms with Crippen LogP contribution in [0, 0.1) is 16.7 Å². The van der Waals surface area contributed by atoms with Crippen LogP contribution in [0.15, 0.2) is 72.8 Å². The first-order chi connectivity index (χ1) is 12.8. The average molecular weight is 341 g/mol. The van der Waals surface area contributed by atoms with Gasteiger partial charge in [0.2, 0.25) is 0 Å². The van der Waals surface area contributed by atoms with E-state index in [-0.39, 0.29) is 5.41 Å². The second kappa shape index (κ2) is 8.68. The van der Waals surface area contributed by atoms with Crippen LogP contribution >= 0.6 is 0 Å². The summed E-state index contributed by atoms with van der Waals surface area (Å²) in [5, 5.41) is 9.69. The highest BCUT2D eigenvalue weighted by atomic mass is 14.4. The number of unbranched alkanes of at least 4 members (excludes halogenated alkanes) is 3. The van der Waals surface area contributed by atoms with Crippen LogP contribution in [-0.4, -0.2) is 0 Å². The van der Waals surface area contributed by atoms with Crippen molar-refractivity contribution in [2.45, 2.75) is 45.4 Å². The molecule has 1 atom stereocenters. The highest BCUT2D eigenvalue weighted by Gasteiger charge is 2.27. The maximum atomic E-state index is 9.69. The topological polar surface area (TPSA) is 23.8 Å². The van der Waals surface area contributed by atoms with Gasteiger partial charge in [-0.2, -0.15) is 5.26 Å². The highest BCUT2D eigenvalue weighted by Crippen LogP contribution is 2.37. The zero-order valence-corrected chi connectivity index (χ0v) is 15.6. The van der Waals surface area contributed by atoms with Crippen LogP contribution < -0.4 is 0 Å². The Hall–Kier alpha value is -2.59. The van der Waals surface area contributed by atoms with Crippen LogP contribution in [0.2, 0.25) is 0 Å². The highest BCUT2D eigenvalue weighted by molar-refractivity contribution is 5.77. The minimum Gasteiger partial charge on any atom is -0.197 e. The molecule has 0 N–H and O–H groups in total. The fraction of sp³-hybridized carbons (Fsp3) is 0.320. The SMILES string of the molecule is CCCCCCC1(C#N)C=CC(c2ccc(-c3ccccc3)cc2)=CC1. The summed E-state index contributed by atoms with van der Waals surface area (Å²) in [4.78, 5) is 0. The van der Waals surface area contributed by atoms with Crippen LogP contribution in [-0.2, 0) is 0 Å². The third-order valence-corrected chi connectivity index (χ3v) is 5.29. The summed E-state index contributed by atoms with van der Waals surface area (Å²) in [7, 11) is 0. The maximum Gasteiger partial charge on any atom is 0.0791 e. The number of hydrogen-bond donors (Lipinski definition) is 0. The van der Waals surface area contributed by atoms with E-state index >= 15 is 0 Å².